The molecule has 1 aromatic heterocycles. The molecule has 0 bridgehead atoms. The van der Waals surface area contributed by atoms with Crippen molar-refractivity contribution >= 4 is 28.1 Å². The second kappa shape index (κ2) is 6.10. The first-order chi connectivity index (χ1) is 9.15. The molecule has 5 nitrogen and oxygen atoms in total. The minimum atomic E-state index is -0.432. The minimum absolute atomic E-state index is 0.255. The van der Waals surface area contributed by atoms with Crippen LogP contribution in [0.3, 0.4) is 0 Å². The molecule has 2 aromatic rings. The van der Waals surface area contributed by atoms with Crippen LogP contribution in [-0.2, 0) is 0 Å². The zero-order valence-electron chi connectivity index (χ0n) is 9.79. The largest absolute Gasteiger partial charge is 0.619 e. The average Bonchev–Trinajstić information content (AvgIpc) is 2.41. The fourth-order valence-electron chi connectivity index (χ4n) is 1.37. The summed E-state index contributed by atoms with van der Waals surface area (Å²) in [7, 11) is 0. The molecule has 0 aliphatic rings. The van der Waals surface area contributed by atoms with E-state index in [1.165, 1.54) is 24.7 Å². The first-order valence-corrected chi connectivity index (χ1v) is 6.22. The van der Waals surface area contributed by atoms with Gasteiger partial charge in [0.1, 0.15) is 5.56 Å². The van der Waals surface area contributed by atoms with Crippen LogP contribution in [0.1, 0.15) is 15.9 Å². The number of nitrogens with one attached hydrogen (secondary N) is 1. The van der Waals surface area contributed by atoms with Crippen LogP contribution in [0, 0.1) is 5.21 Å². The third-order valence-electron chi connectivity index (χ3n) is 2.29. The Morgan fingerprint density at radius 3 is 2.74 bits per heavy atom. The van der Waals surface area contributed by atoms with E-state index in [-0.39, 0.29) is 5.56 Å². The maximum atomic E-state index is 11.7. The molecule has 2 rings (SSSR count). The SMILES string of the molecule is O=C(N/N=C\c1ccc(Br)cc1)c1ccc[n+]([O-])c1. The highest BCUT2D eigenvalue weighted by molar-refractivity contribution is 9.10. The Bertz CT molecular complexity index is 612. The fourth-order valence-corrected chi connectivity index (χ4v) is 1.63. The normalized spacial score (nSPS) is 10.6. The van der Waals surface area contributed by atoms with Crippen LogP contribution >= 0.6 is 15.9 Å². The summed E-state index contributed by atoms with van der Waals surface area (Å²) in [6.45, 7) is 0. The molecule has 1 N–H and O–H groups in total. The number of halogens is 1. The summed E-state index contributed by atoms with van der Waals surface area (Å²) in [5, 5.41) is 14.8. The van der Waals surface area contributed by atoms with Gasteiger partial charge in [-0.2, -0.15) is 9.83 Å². The predicted octanol–water partition coefficient (Wildman–Crippen LogP) is 1.85. The number of hydrogen-bond donors (Lipinski definition) is 1. The molecular formula is C13H10BrN3O2. The monoisotopic (exact) mass is 319 g/mol. The fraction of sp³-hybridized carbons (Fsp3) is 0. The van der Waals surface area contributed by atoms with Crippen molar-refractivity contribution in [1.82, 2.24) is 5.43 Å². The summed E-state index contributed by atoms with van der Waals surface area (Å²) in [5.41, 5.74) is 3.47. The molecular weight excluding hydrogens is 310 g/mol. The van der Waals surface area contributed by atoms with E-state index >= 15 is 0 Å². The van der Waals surface area contributed by atoms with Gasteiger partial charge in [0.05, 0.1) is 6.21 Å². The van der Waals surface area contributed by atoms with Crippen molar-refractivity contribution in [2.45, 2.75) is 0 Å². The zero-order valence-corrected chi connectivity index (χ0v) is 11.4. The molecule has 6 heteroatoms. The van der Waals surface area contributed by atoms with E-state index in [2.05, 4.69) is 26.5 Å². The molecule has 96 valence electrons. The zero-order chi connectivity index (χ0) is 13.7. The number of carbonyl (C=O) groups is 1. The lowest BCUT2D eigenvalue weighted by Gasteiger charge is -1.99. The van der Waals surface area contributed by atoms with Crippen molar-refractivity contribution in [1.29, 1.82) is 0 Å². The van der Waals surface area contributed by atoms with Gasteiger partial charge in [0.25, 0.3) is 5.91 Å². The molecule has 1 heterocycles. The van der Waals surface area contributed by atoms with Gasteiger partial charge in [-0.1, -0.05) is 28.1 Å². The quantitative estimate of drug-likeness (QED) is 0.406. The molecule has 1 amide bonds. The van der Waals surface area contributed by atoms with E-state index in [1.54, 1.807) is 6.07 Å². The van der Waals surface area contributed by atoms with Gasteiger partial charge in [-0.3, -0.25) is 4.79 Å². The average molecular weight is 320 g/mol. The number of hydrazone groups is 1. The summed E-state index contributed by atoms with van der Waals surface area (Å²) >= 11 is 3.33. The van der Waals surface area contributed by atoms with Gasteiger partial charge < -0.3 is 5.21 Å². The number of aromatic nitrogens is 1. The highest BCUT2D eigenvalue weighted by Gasteiger charge is 2.06. The molecule has 0 saturated heterocycles. The van der Waals surface area contributed by atoms with Gasteiger partial charge in [-0.05, 0) is 23.8 Å². The van der Waals surface area contributed by atoms with Crippen molar-refractivity contribution < 1.29 is 9.52 Å². The smallest absolute Gasteiger partial charge is 0.277 e. The standard InChI is InChI=1S/C13H10BrN3O2/c14-12-5-3-10(4-6-12)8-15-16-13(18)11-2-1-7-17(19)9-11/h1-9H,(H,16,18)/b15-8-. The second-order valence-electron chi connectivity index (χ2n) is 3.70. The Morgan fingerprint density at radius 1 is 1.32 bits per heavy atom. The van der Waals surface area contributed by atoms with Crippen molar-refractivity contribution in [3.8, 4) is 0 Å². The van der Waals surface area contributed by atoms with Gasteiger partial charge in [0.15, 0.2) is 12.4 Å². The topological polar surface area (TPSA) is 68.4 Å². The number of nitrogens with zero attached hydrogens (tertiary/aromatic N) is 2. The highest BCUT2D eigenvalue weighted by atomic mass is 79.9. The number of rotatable bonds is 3. The Hall–Kier alpha value is -2.21. The maximum absolute atomic E-state index is 11.7. The molecule has 0 atom stereocenters. The molecule has 0 aliphatic carbocycles. The van der Waals surface area contributed by atoms with E-state index < -0.39 is 5.91 Å². The van der Waals surface area contributed by atoms with Crippen LogP contribution in [0.25, 0.3) is 0 Å². The third kappa shape index (κ3) is 3.89. The molecule has 0 radical (unpaired) electrons. The van der Waals surface area contributed by atoms with Crippen LogP contribution in [0.2, 0.25) is 0 Å². The first-order valence-electron chi connectivity index (χ1n) is 5.43. The van der Waals surface area contributed by atoms with Crippen LogP contribution in [0.4, 0.5) is 0 Å². The number of pyridine rings is 1. The number of amides is 1. The van der Waals surface area contributed by atoms with Crippen molar-refractivity contribution in [3.05, 3.63) is 69.6 Å². The Labute approximate surface area is 118 Å². The lowest BCUT2D eigenvalue weighted by atomic mass is 10.2. The van der Waals surface area contributed by atoms with E-state index in [1.807, 2.05) is 24.3 Å². The molecule has 0 unspecified atom stereocenters. The highest BCUT2D eigenvalue weighted by Crippen LogP contribution is 2.08. The van der Waals surface area contributed by atoms with Crippen molar-refractivity contribution in [2.75, 3.05) is 0 Å². The first kappa shape index (κ1) is 13.2. The van der Waals surface area contributed by atoms with E-state index in [0.29, 0.717) is 4.73 Å². The van der Waals surface area contributed by atoms with E-state index in [0.717, 1.165) is 10.0 Å². The van der Waals surface area contributed by atoms with Gasteiger partial charge in [-0.25, -0.2) is 5.43 Å². The molecule has 0 spiro atoms. The number of hydrogen-bond acceptors (Lipinski definition) is 3. The summed E-state index contributed by atoms with van der Waals surface area (Å²) in [4.78, 5) is 11.7. The van der Waals surface area contributed by atoms with Crippen LogP contribution in [0.15, 0.2) is 58.4 Å². The summed E-state index contributed by atoms with van der Waals surface area (Å²) in [5.74, 6) is -0.432. The summed E-state index contributed by atoms with van der Waals surface area (Å²) in [6.07, 6.45) is 4.02. The Morgan fingerprint density at radius 2 is 2.05 bits per heavy atom. The van der Waals surface area contributed by atoms with Crippen molar-refractivity contribution in [2.24, 2.45) is 5.10 Å². The summed E-state index contributed by atoms with van der Waals surface area (Å²) in [6, 6.07) is 10.5. The molecule has 0 fully saturated rings. The van der Waals surface area contributed by atoms with Gasteiger partial charge in [0, 0.05) is 10.5 Å². The number of carbonyl (C=O) groups excluding carboxylic acids is 1. The summed E-state index contributed by atoms with van der Waals surface area (Å²) < 4.78 is 1.53. The van der Waals surface area contributed by atoms with Gasteiger partial charge in [0.2, 0.25) is 0 Å². The van der Waals surface area contributed by atoms with Gasteiger partial charge in [-0.15, -0.1) is 0 Å². The van der Waals surface area contributed by atoms with Crippen LogP contribution < -0.4 is 10.2 Å². The lowest BCUT2D eigenvalue weighted by molar-refractivity contribution is -0.605. The Kier molecular flexibility index (Phi) is 4.25. The molecule has 0 aliphatic heterocycles. The third-order valence-corrected chi connectivity index (χ3v) is 2.82. The van der Waals surface area contributed by atoms with Crippen LogP contribution in [0.5, 0.6) is 0 Å². The van der Waals surface area contributed by atoms with E-state index in [9.17, 15) is 10.0 Å². The van der Waals surface area contributed by atoms with Crippen molar-refractivity contribution in [3.63, 3.8) is 0 Å². The second-order valence-corrected chi connectivity index (χ2v) is 4.62. The lowest BCUT2D eigenvalue weighted by Crippen LogP contribution is -2.28. The minimum Gasteiger partial charge on any atom is -0.619 e. The molecule has 0 saturated carbocycles. The van der Waals surface area contributed by atoms with Crippen LogP contribution in [-0.4, -0.2) is 12.1 Å². The van der Waals surface area contributed by atoms with Gasteiger partial charge >= 0.3 is 0 Å². The van der Waals surface area contributed by atoms with E-state index in [4.69, 9.17) is 0 Å². The Balaban J connectivity index is 1.98. The number of benzene rings is 1. The molecule has 1 aromatic carbocycles. The maximum Gasteiger partial charge on any atom is 0.277 e. The predicted molar refractivity (Wildman–Crippen MR) is 74.6 cm³/mol. The molecule has 19 heavy (non-hydrogen) atoms.